The fraction of sp³-hybridized carbons (Fsp3) is 1.00. The van der Waals surface area contributed by atoms with Crippen LogP contribution in [0.25, 0.3) is 0 Å². The van der Waals surface area contributed by atoms with Crippen molar-refractivity contribution in [3.8, 4) is 0 Å². The van der Waals surface area contributed by atoms with E-state index >= 15 is 0 Å². The van der Waals surface area contributed by atoms with E-state index in [1.54, 1.807) is 0 Å². The third-order valence-corrected chi connectivity index (χ3v) is 3.23. The first-order chi connectivity index (χ1) is 6.37. The van der Waals surface area contributed by atoms with Crippen molar-refractivity contribution in [1.29, 1.82) is 0 Å². The molecule has 1 aliphatic carbocycles. The summed E-state index contributed by atoms with van der Waals surface area (Å²) in [6.45, 7) is 2.34. The maximum absolute atomic E-state index is 5.75. The van der Waals surface area contributed by atoms with Crippen LogP contribution < -0.4 is 5.73 Å². The van der Waals surface area contributed by atoms with E-state index in [-0.39, 0.29) is 5.79 Å². The van der Waals surface area contributed by atoms with Crippen molar-refractivity contribution >= 4 is 0 Å². The predicted octanol–water partition coefficient (Wildman–Crippen LogP) is 1.27. The van der Waals surface area contributed by atoms with Gasteiger partial charge in [0, 0.05) is 12.3 Å². The second-order valence-corrected chi connectivity index (χ2v) is 4.03. The van der Waals surface area contributed by atoms with Crippen molar-refractivity contribution in [2.45, 2.75) is 37.9 Å². The molecule has 2 fully saturated rings. The minimum atomic E-state index is -0.199. The second kappa shape index (κ2) is 3.95. The third-order valence-electron chi connectivity index (χ3n) is 3.23. The van der Waals surface area contributed by atoms with E-state index in [2.05, 4.69) is 0 Å². The number of nitrogens with two attached hydrogens (primary N) is 1. The van der Waals surface area contributed by atoms with Crippen LogP contribution in [-0.4, -0.2) is 25.5 Å². The van der Waals surface area contributed by atoms with Gasteiger partial charge in [-0.15, -0.1) is 0 Å². The molecule has 1 saturated heterocycles. The number of hydrogen-bond acceptors (Lipinski definition) is 3. The van der Waals surface area contributed by atoms with Crippen LogP contribution in [-0.2, 0) is 9.47 Å². The molecule has 3 heteroatoms. The third kappa shape index (κ3) is 1.73. The molecule has 1 spiro atoms. The van der Waals surface area contributed by atoms with Crippen molar-refractivity contribution < 1.29 is 9.47 Å². The topological polar surface area (TPSA) is 44.5 Å². The highest BCUT2D eigenvalue weighted by Crippen LogP contribution is 2.44. The largest absolute Gasteiger partial charge is 0.347 e. The Bertz CT molecular complexity index is 161. The van der Waals surface area contributed by atoms with E-state index in [9.17, 15) is 0 Å². The standard InChI is InChI=1S/C10H19NO2/c11-6-2-4-9-3-1-5-10(9)12-7-8-13-10/h9H,1-8,11H2. The summed E-state index contributed by atoms with van der Waals surface area (Å²) in [6, 6.07) is 0. The van der Waals surface area contributed by atoms with E-state index in [0.29, 0.717) is 5.92 Å². The van der Waals surface area contributed by atoms with E-state index < -0.39 is 0 Å². The molecule has 1 unspecified atom stereocenters. The average molecular weight is 185 g/mol. The minimum Gasteiger partial charge on any atom is -0.347 e. The molecule has 2 N–H and O–H groups in total. The molecule has 0 amide bonds. The van der Waals surface area contributed by atoms with Crippen molar-refractivity contribution in [2.75, 3.05) is 19.8 Å². The molecular weight excluding hydrogens is 166 g/mol. The van der Waals surface area contributed by atoms with Gasteiger partial charge in [0.15, 0.2) is 5.79 Å². The Kier molecular flexibility index (Phi) is 2.86. The SMILES string of the molecule is NCCCC1CCCC12OCCO2. The zero-order valence-electron chi connectivity index (χ0n) is 8.13. The highest BCUT2D eigenvalue weighted by atomic mass is 16.7. The van der Waals surface area contributed by atoms with Crippen LogP contribution in [0.5, 0.6) is 0 Å². The number of rotatable bonds is 3. The molecule has 76 valence electrons. The first-order valence-electron chi connectivity index (χ1n) is 5.35. The van der Waals surface area contributed by atoms with Crippen LogP contribution in [0.3, 0.4) is 0 Å². The van der Waals surface area contributed by atoms with Crippen LogP contribution >= 0.6 is 0 Å². The Morgan fingerprint density at radius 3 is 2.77 bits per heavy atom. The first kappa shape index (κ1) is 9.44. The van der Waals surface area contributed by atoms with Gasteiger partial charge in [-0.25, -0.2) is 0 Å². The fourth-order valence-electron chi connectivity index (χ4n) is 2.60. The Morgan fingerprint density at radius 1 is 1.31 bits per heavy atom. The summed E-state index contributed by atoms with van der Waals surface area (Å²) in [5.74, 6) is 0.397. The van der Waals surface area contributed by atoms with Gasteiger partial charge in [-0.2, -0.15) is 0 Å². The molecule has 1 atom stereocenters. The first-order valence-corrected chi connectivity index (χ1v) is 5.35. The normalized spacial score (nSPS) is 31.6. The highest BCUT2D eigenvalue weighted by molar-refractivity contribution is 4.88. The lowest BCUT2D eigenvalue weighted by Gasteiger charge is -2.29. The molecule has 0 aromatic rings. The molecule has 0 aromatic carbocycles. The smallest absolute Gasteiger partial charge is 0.171 e. The Balaban J connectivity index is 1.93. The number of ether oxygens (including phenoxy) is 2. The molecule has 0 aromatic heterocycles. The fourth-order valence-corrected chi connectivity index (χ4v) is 2.60. The molecule has 2 rings (SSSR count). The van der Waals surface area contributed by atoms with Crippen LogP contribution in [0.2, 0.25) is 0 Å². The Morgan fingerprint density at radius 2 is 2.08 bits per heavy atom. The van der Waals surface area contributed by atoms with Gasteiger partial charge in [0.25, 0.3) is 0 Å². The molecule has 1 heterocycles. The predicted molar refractivity (Wildman–Crippen MR) is 50.3 cm³/mol. The highest BCUT2D eigenvalue weighted by Gasteiger charge is 2.47. The molecule has 2 aliphatic rings. The lowest BCUT2D eigenvalue weighted by Crippen LogP contribution is -2.34. The lowest BCUT2D eigenvalue weighted by molar-refractivity contribution is -0.182. The van der Waals surface area contributed by atoms with Gasteiger partial charge in [-0.1, -0.05) is 0 Å². The van der Waals surface area contributed by atoms with Crippen LogP contribution in [0.4, 0.5) is 0 Å². The second-order valence-electron chi connectivity index (χ2n) is 4.03. The monoisotopic (exact) mass is 185 g/mol. The zero-order valence-corrected chi connectivity index (χ0v) is 8.13. The average Bonchev–Trinajstić information content (AvgIpc) is 2.75. The summed E-state index contributed by atoms with van der Waals surface area (Å²) in [5.41, 5.74) is 5.51. The molecule has 0 radical (unpaired) electrons. The van der Waals surface area contributed by atoms with Gasteiger partial charge in [-0.05, 0) is 32.2 Å². The van der Waals surface area contributed by atoms with Gasteiger partial charge >= 0.3 is 0 Å². The van der Waals surface area contributed by atoms with Gasteiger partial charge in [0.05, 0.1) is 13.2 Å². The summed E-state index contributed by atoms with van der Waals surface area (Å²) in [4.78, 5) is 0. The Hall–Kier alpha value is -0.120. The Labute approximate surface area is 79.6 Å². The van der Waals surface area contributed by atoms with Crippen molar-refractivity contribution in [2.24, 2.45) is 11.7 Å². The van der Waals surface area contributed by atoms with Gasteiger partial charge < -0.3 is 15.2 Å². The minimum absolute atomic E-state index is 0.199. The molecular formula is C10H19NO2. The van der Waals surface area contributed by atoms with E-state index in [4.69, 9.17) is 15.2 Å². The summed E-state index contributed by atoms with van der Waals surface area (Å²) in [5, 5.41) is 0. The molecule has 1 aliphatic heterocycles. The van der Waals surface area contributed by atoms with Crippen LogP contribution in [0, 0.1) is 5.92 Å². The summed E-state index contributed by atoms with van der Waals surface area (Å²) >= 11 is 0. The van der Waals surface area contributed by atoms with Crippen LogP contribution in [0.15, 0.2) is 0 Å². The molecule has 0 bridgehead atoms. The molecule has 13 heavy (non-hydrogen) atoms. The summed E-state index contributed by atoms with van der Waals surface area (Å²) in [7, 11) is 0. The zero-order chi connectivity index (χ0) is 9.15. The van der Waals surface area contributed by atoms with Crippen molar-refractivity contribution in [1.82, 2.24) is 0 Å². The van der Waals surface area contributed by atoms with Gasteiger partial charge in [-0.3, -0.25) is 0 Å². The maximum atomic E-state index is 5.75. The summed E-state index contributed by atoms with van der Waals surface area (Å²) in [6.07, 6.45) is 5.84. The molecule has 3 nitrogen and oxygen atoms in total. The summed E-state index contributed by atoms with van der Waals surface area (Å²) < 4.78 is 11.5. The van der Waals surface area contributed by atoms with E-state index in [1.165, 1.54) is 12.8 Å². The lowest BCUT2D eigenvalue weighted by atomic mass is 9.96. The van der Waals surface area contributed by atoms with Crippen molar-refractivity contribution in [3.63, 3.8) is 0 Å². The van der Waals surface area contributed by atoms with Crippen LogP contribution in [0.1, 0.15) is 32.1 Å². The van der Waals surface area contributed by atoms with E-state index in [1.807, 2.05) is 0 Å². The van der Waals surface area contributed by atoms with Gasteiger partial charge in [0.2, 0.25) is 0 Å². The molecule has 1 saturated carbocycles. The maximum Gasteiger partial charge on any atom is 0.171 e. The number of hydrogen-bond donors (Lipinski definition) is 1. The van der Waals surface area contributed by atoms with E-state index in [0.717, 1.165) is 39.0 Å². The quantitative estimate of drug-likeness (QED) is 0.720. The van der Waals surface area contributed by atoms with Crippen molar-refractivity contribution in [3.05, 3.63) is 0 Å². The van der Waals surface area contributed by atoms with Gasteiger partial charge in [0.1, 0.15) is 0 Å².